The van der Waals surface area contributed by atoms with Crippen molar-refractivity contribution in [2.24, 2.45) is 17.8 Å². The van der Waals surface area contributed by atoms with Gasteiger partial charge in [-0.05, 0) is 105 Å². The molecule has 0 spiro atoms. The molecule has 0 aliphatic carbocycles. The first kappa shape index (κ1) is 57.7. The van der Waals surface area contributed by atoms with Crippen LogP contribution in [-0.4, -0.2) is 174 Å². The van der Waals surface area contributed by atoms with Gasteiger partial charge in [0.1, 0.15) is 35.1 Å². The summed E-state index contributed by atoms with van der Waals surface area (Å²) < 4.78 is 69.6. The second-order valence-electron chi connectivity index (χ2n) is 20.4. The Morgan fingerprint density at radius 2 is 1.60 bits per heavy atom. The lowest BCUT2D eigenvalue weighted by atomic mass is 9.75. The first-order chi connectivity index (χ1) is 31.2. The van der Waals surface area contributed by atoms with Crippen molar-refractivity contribution >= 4 is 16.2 Å². The fraction of sp³-hybridized carbons (Fsp3) is 0.854. The quantitative estimate of drug-likeness (QED) is 0.0876. The van der Waals surface area contributed by atoms with Crippen LogP contribution in [0.1, 0.15) is 114 Å². The largest absolute Gasteiger partial charge is 0.459 e. The average molecular weight is 975 g/mol. The number of carbonyl (C=O) groups excluding carboxylic acids is 1. The van der Waals surface area contributed by atoms with Crippen LogP contribution in [0.2, 0.25) is 0 Å². The summed E-state index contributed by atoms with van der Waals surface area (Å²) in [5.41, 5.74) is -5.37. The summed E-state index contributed by atoms with van der Waals surface area (Å²) in [6.07, 6.45) is -8.77. The molecule has 1 aromatic rings. The van der Waals surface area contributed by atoms with Crippen LogP contribution in [-0.2, 0) is 49.8 Å². The van der Waals surface area contributed by atoms with Crippen molar-refractivity contribution < 1.29 is 67.2 Å². The molecule has 0 unspecified atom stereocenters. The third-order valence-corrected chi connectivity index (χ3v) is 16.3. The Morgan fingerprint density at radius 3 is 2.21 bits per heavy atom. The number of hydrogen-bond donors (Lipinski definition) is 8. The molecule has 8 N–H and O–H groups in total. The predicted molar refractivity (Wildman–Crippen MR) is 253 cm³/mol. The minimum absolute atomic E-state index is 0.0218. The molecule has 4 rings (SSSR count). The van der Waals surface area contributed by atoms with Gasteiger partial charge in [0.15, 0.2) is 12.6 Å². The van der Waals surface area contributed by atoms with E-state index in [0.717, 1.165) is 16.3 Å². The highest BCUT2D eigenvalue weighted by molar-refractivity contribution is 7.87. The number of cyclic esters (lactones) is 1. The number of ether oxygens (including phenoxy) is 6. The molecule has 0 aromatic heterocycles. The van der Waals surface area contributed by atoms with Gasteiger partial charge in [-0.15, -0.1) is 0 Å². The zero-order valence-electron chi connectivity index (χ0n) is 42.3. The van der Waals surface area contributed by atoms with Crippen LogP contribution in [0.25, 0.3) is 0 Å². The summed E-state index contributed by atoms with van der Waals surface area (Å²) in [5, 5.41) is 66.7. The first-order valence-corrected chi connectivity index (χ1v) is 25.7. The summed E-state index contributed by atoms with van der Waals surface area (Å²) in [7, 11) is -1.22. The number of nitrogens with zero attached hydrogens (tertiary/aromatic N) is 1. The summed E-state index contributed by atoms with van der Waals surface area (Å²) in [4.78, 5) is 14.5. The summed E-state index contributed by atoms with van der Waals surface area (Å²) in [5.74, 6) is -3.12. The van der Waals surface area contributed by atoms with Crippen molar-refractivity contribution in [3.8, 4) is 0 Å². The van der Waals surface area contributed by atoms with Crippen LogP contribution in [0.5, 0.6) is 0 Å². The first-order valence-electron chi connectivity index (χ1n) is 24.3. The fourth-order valence-electron chi connectivity index (χ4n) is 10.3. The van der Waals surface area contributed by atoms with E-state index in [1.54, 1.807) is 55.4 Å². The van der Waals surface area contributed by atoms with Gasteiger partial charge in [-0.2, -0.15) is 12.7 Å². The Morgan fingerprint density at radius 1 is 0.940 bits per heavy atom. The third kappa shape index (κ3) is 13.7. The second kappa shape index (κ2) is 24.0. The number of benzene rings is 1. The Balaban J connectivity index is 1.77. The lowest BCUT2D eigenvalue weighted by Gasteiger charge is -2.53. The SMILES string of the molecule is CCCNC[C@]1(O)[C@H](C)O[C@@H](O[C@H]2[C@H](C)[C@@H](O[C@@H]3O[C@H](C)C[C@H](N(C)S(=O)(=O)NCCc4ccccc4)[C@H]3O)[C@](C)(O)C[C@@H](C)CN[C@H](C)[C@@H](O)[C@](C)(O)[C@@H](CC)OC(=O)[C@@H]2C)C[C@@]1(C)OC. The smallest absolute Gasteiger partial charge is 0.311 e. The maximum atomic E-state index is 14.5. The van der Waals surface area contributed by atoms with Crippen LogP contribution in [0.15, 0.2) is 30.3 Å². The molecule has 0 radical (unpaired) electrons. The predicted octanol–water partition coefficient (Wildman–Crippen LogP) is 2.38. The highest BCUT2D eigenvalue weighted by Crippen LogP contribution is 2.43. The minimum atomic E-state index is -4.11. The van der Waals surface area contributed by atoms with Gasteiger partial charge in [0.2, 0.25) is 0 Å². The third-order valence-electron chi connectivity index (χ3n) is 14.7. The molecule has 3 fully saturated rings. The van der Waals surface area contributed by atoms with Gasteiger partial charge in [0, 0.05) is 45.6 Å². The van der Waals surface area contributed by atoms with E-state index >= 15 is 0 Å². The molecule has 0 amide bonds. The maximum absolute atomic E-state index is 14.5. The number of methoxy groups -OCH3 is 1. The van der Waals surface area contributed by atoms with E-state index in [1.807, 2.05) is 44.2 Å². The van der Waals surface area contributed by atoms with Gasteiger partial charge < -0.3 is 64.6 Å². The van der Waals surface area contributed by atoms with Crippen molar-refractivity contribution in [3.05, 3.63) is 35.9 Å². The Hall–Kier alpha value is -1.92. The van der Waals surface area contributed by atoms with Gasteiger partial charge >= 0.3 is 5.97 Å². The summed E-state index contributed by atoms with van der Waals surface area (Å²) >= 11 is 0. The second-order valence-corrected chi connectivity index (χ2v) is 22.2. The average Bonchev–Trinajstić information content (AvgIpc) is 3.27. The Kier molecular flexibility index (Phi) is 20.7. The fourth-order valence-corrected chi connectivity index (χ4v) is 11.4. The Labute approximate surface area is 400 Å². The Bertz CT molecular complexity index is 1800. The topological polar surface area (TPSA) is 247 Å². The number of likely N-dealkylation sites (N-methyl/N-ethyl adjacent to an activating group) is 1. The molecule has 67 heavy (non-hydrogen) atoms. The normalized spacial score (nSPS) is 42.2. The van der Waals surface area contributed by atoms with E-state index in [1.165, 1.54) is 21.1 Å². The molecule has 19 heteroatoms. The van der Waals surface area contributed by atoms with E-state index in [2.05, 4.69) is 15.4 Å². The highest BCUT2D eigenvalue weighted by atomic mass is 32.2. The molecule has 0 bridgehead atoms. The van der Waals surface area contributed by atoms with Crippen molar-refractivity contribution in [2.45, 2.75) is 204 Å². The van der Waals surface area contributed by atoms with E-state index in [0.29, 0.717) is 19.5 Å². The zero-order valence-corrected chi connectivity index (χ0v) is 43.1. The number of carbonyl (C=O) groups is 1. The van der Waals surface area contributed by atoms with E-state index in [9.17, 15) is 38.7 Å². The molecule has 18 nitrogen and oxygen atoms in total. The lowest BCUT2D eigenvalue weighted by molar-refractivity contribution is -0.336. The molecule has 0 saturated carbocycles. The molecule has 1 aromatic carbocycles. The number of hydrogen-bond acceptors (Lipinski definition) is 16. The maximum Gasteiger partial charge on any atom is 0.311 e. The summed E-state index contributed by atoms with van der Waals surface area (Å²) in [6.45, 7) is 20.2. The van der Waals surface area contributed by atoms with Gasteiger partial charge in [0.25, 0.3) is 10.2 Å². The van der Waals surface area contributed by atoms with Crippen molar-refractivity contribution in [3.63, 3.8) is 0 Å². The van der Waals surface area contributed by atoms with Crippen LogP contribution in [0, 0.1) is 17.8 Å². The molecule has 388 valence electrons. The molecular formula is C48H86N4O14S. The van der Waals surface area contributed by atoms with E-state index < -0.39 is 118 Å². The standard InChI is InChI=1S/C48H86N4O14S/c1-14-22-49-28-48(58)34(8)63-38(26-46(48,10)61-13)65-40-31(5)42(45(9,56)25-29(3)27-50-33(7)41(54)47(11,57)37(15-2)64-43(55)32(40)6)66-44-39(53)36(24-30(4)62-44)52(12)67(59,60)51-23-21-35-19-17-16-18-20-35/h16-20,29-34,36-42,44,49-51,53-54,56-58H,14-15,21-28H2,1-13H3/t29-,30-,31+,32-,33-,34+,36+,37-,38+,39-,40+,41-,42-,44+,45-,46-,47-,48+/m1/s1. The molecule has 3 heterocycles. The van der Waals surface area contributed by atoms with Gasteiger partial charge in [-0.1, -0.05) is 58.0 Å². The summed E-state index contributed by atoms with van der Waals surface area (Å²) in [6, 6.07) is 7.80. The van der Waals surface area contributed by atoms with Crippen LogP contribution >= 0.6 is 0 Å². The van der Waals surface area contributed by atoms with Gasteiger partial charge in [0.05, 0.1) is 42.0 Å². The van der Waals surface area contributed by atoms with Gasteiger partial charge in [-0.3, -0.25) is 4.79 Å². The van der Waals surface area contributed by atoms with Crippen LogP contribution in [0.3, 0.4) is 0 Å². The van der Waals surface area contributed by atoms with Crippen molar-refractivity contribution in [1.29, 1.82) is 0 Å². The van der Waals surface area contributed by atoms with E-state index in [4.69, 9.17) is 28.4 Å². The minimum Gasteiger partial charge on any atom is -0.459 e. The van der Waals surface area contributed by atoms with Crippen molar-refractivity contribution in [1.82, 2.24) is 19.7 Å². The number of aliphatic hydroxyl groups excluding tert-OH is 2. The molecule has 3 saturated heterocycles. The van der Waals surface area contributed by atoms with Crippen molar-refractivity contribution in [2.75, 3.05) is 40.3 Å². The number of nitrogens with one attached hydrogen (secondary N) is 3. The highest BCUT2D eigenvalue weighted by Gasteiger charge is 2.58. The monoisotopic (exact) mass is 975 g/mol. The zero-order chi connectivity index (χ0) is 50.3. The molecule has 3 aliphatic heterocycles. The lowest BCUT2D eigenvalue weighted by Crippen LogP contribution is -2.70. The van der Waals surface area contributed by atoms with E-state index in [-0.39, 0.29) is 44.7 Å². The van der Waals surface area contributed by atoms with Crippen LogP contribution in [0.4, 0.5) is 0 Å². The number of rotatable bonds is 16. The van der Waals surface area contributed by atoms with Gasteiger partial charge in [-0.25, -0.2) is 4.72 Å². The number of aliphatic hydroxyl groups is 5. The molecule has 18 atom stereocenters. The molecule has 3 aliphatic rings. The van der Waals surface area contributed by atoms with Crippen LogP contribution < -0.4 is 15.4 Å². The molecular weight excluding hydrogens is 889 g/mol. The number of esters is 1.